The van der Waals surface area contributed by atoms with Gasteiger partial charge in [0, 0.05) is 10.9 Å². The number of rotatable bonds is 1. The van der Waals surface area contributed by atoms with E-state index in [4.69, 9.17) is 34.8 Å². The van der Waals surface area contributed by atoms with Gasteiger partial charge in [0.05, 0.1) is 5.56 Å². The molecular weight excluding hydrogens is 283 g/mol. The molecule has 0 saturated heterocycles. The van der Waals surface area contributed by atoms with E-state index in [1.807, 2.05) is 0 Å². The molecule has 1 atom stereocenters. The van der Waals surface area contributed by atoms with Crippen molar-refractivity contribution in [1.29, 1.82) is 0 Å². The third-order valence-corrected chi connectivity index (χ3v) is 3.70. The van der Waals surface area contributed by atoms with Crippen LogP contribution in [0.15, 0.2) is 18.2 Å². The first-order valence-electron chi connectivity index (χ1n) is 4.46. The van der Waals surface area contributed by atoms with Gasteiger partial charge in [-0.15, -0.1) is 23.2 Å². The minimum Gasteiger partial charge on any atom is -0.166 e. The molecule has 1 aliphatic rings. The molecular formula is C10H6Cl3F3. The summed E-state index contributed by atoms with van der Waals surface area (Å²) < 4.78 is 36.4. The van der Waals surface area contributed by atoms with Crippen molar-refractivity contribution < 1.29 is 13.2 Å². The fraction of sp³-hybridized carbons (Fsp3) is 0.400. The van der Waals surface area contributed by atoms with E-state index in [-0.39, 0.29) is 10.9 Å². The minimum absolute atomic E-state index is 0.265. The van der Waals surface area contributed by atoms with Crippen LogP contribution in [0.1, 0.15) is 23.5 Å². The van der Waals surface area contributed by atoms with Crippen molar-refractivity contribution in [2.45, 2.75) is 22.8 Å². The van der Waals surface area contributed by atoms with Gasteiger partial charge >= 0.3 is 6.18 Å². The minimum atomic E-state index is -4.38. The van der Waals surface area contributed by atoms with Crippen LogP contribution in [-0.2, 0) is 6.18 Å². The van der Waals surface area contributed by atoms with Crippen molar-refractivity contribution in [2.24, 2.45) is 0 Å². The first kappa shape index (κ1) is 12.3. The average Bonchev–Trinajstić information content (AvgIpc) is 2.73. The quantitative estimate of drug-likeness (QED) is 0.637. The van der Waals surface area contributed by atoms with Crippen LogP contribution >= 0.6 is 34.8 Å². The predicted octanol–water partition coefficient (Wildman–Crippen LogP) is 5.02. The van der Waals surface area contributed by atoms with Crippen molar-refractivity contribution in [1.82, 2.24) is 0 Å². The highest BCUT2D eigenvalue weighted by Gasteiger charge is 2.53. The van der Waals surface area contributed by atoms with Crippen LogP contribution in [0.2, 0.25) is 5.02 Å². The second-order valence-electron chi connectivity index (χ2n) is 3.75. The molecule has 1 fully saturated rings. The highest BCUT2D eigenvalue weighted by molar-refractivity contribution is 6.51. The predicted molar refractivity (Wildman–Crippen MR) is 58.2 cm³/mol. The first-order valence-corrected chi connectivity index (χ1v) is 5.59. The fourth-order valence-electron chi connectivity index (χ4n) is 1.54. The molecule has 0 bridgehead atoms. The summed E-state index contributed by atoms with van der Waals surface area (Å²) in [7, 11) is 0. The smallest absolute Gasteiger partial charge is 0.166 e. The van der Waals surface area contributed by atoms with Crippen LogP contribution < -0.4 is 0 Å². The lowest BCUT2D eigenvalue weighted by Crippen LogP contribution is -2.05. The summed E-state index contributed by atoms with van der Waals surface area (Å²) in [6, 6.07) is 3.18. The van der Waals surface area contributed by atoms with Crippen LogP contribution in [-0.4, -0.2) is 4.33 Å². The topological polar surface area (TPSA) is 0 Å². The van der Waals surface area contributed by atoms with Crippen LogP contribution in [0, 0.1) is 0 Å². The van der Waals surface area contributed by atoms with Gasteiger partial charge in [-0.1, -0.05) is 11.6 Å². The maximum absolute atomic E-state index is 12.5. The maximum atomic E-state index is 12.5. The lowest BCUT2D eigenvalue weighted by Gasteiger charge is -2.10. The number of hydrogen-bond donors (Lipinski definition) is 0. The monoisotopic (exact) mass is 288 g/mol. The molecule has 0 amide bonds. The van der Waals surface area contributed by atoms with Crippen LogP contribution in [0.25, 0.3) is 0 Å². The van der Waals surface area contributed by atoms with Crippen molar-refractivity contribution in [3.8, 4) is 0 Å². The van der Waals surface area contributed by atoms with E-state index < -0.39 is 16.1 Å². The second-order valence-corrected chi connectivity index (χ2v) is 5.70. The zero-order valence-electron chi connectivity index (χ0n) is 7.78. The van der Waals surface area contributed by atoms with Gasteiger partial charge in [0.15, 0.2) is 0 Å². The van der Waals surface area contributed by atoms with E-state index in [0.717, 1.165) is 12.1 Å². The van der Waals surface area contributed by atoms with Crippen molar-refractivity contribution in [2.75, 3.05) is 0 Å². The van der Waals surface area contributed by atoms with E-state index in [0.29, 0.717) is 12.0 Å². The van der Waals surface area contributed by atoms with Gasteiger partial charge in [-0.05, 0) is 30.2 Å². The third kappa shape index (κ3) is 2.27. The van der Waals surface area contributed by atoms with Crippen LogP contribution in [0.5, 0.6) is 0 Å². The highest BCUT2D eigenvalue weighted by atomic mass is 35.5. The fourth-order valence-corrected chi connectivity index (χ4v) is 2.33. The lowest BCUT2D eigenvalue weighted by molar-refractivity contribution is -0.137. The summed E-state index contributed by atoms with van der Waals surface area (Å²) in [6.45, 7) is 0. The van der Waals surface area contributed by atoms with Crippen molar-refractivity contribution in [3.63, 3.8) is 0 Å². The van der Waals surface area contributed by atoms with Gasteiger partial charge in [-0.25, -0.2) is 0 Å². The summed E-state index contributed by atoms with van der Waals surface area (Å²) in [5.41, 5.74) is -0.371. The summed E-state index contributed by atoms with van der Waals surface area (Å²) in [5.74, 6) is -0.314. The Hall–Kier alpha value is -0.120. The molecule has 0 aliphatic heterocycles. The molecule has 1 aromatic rings. The van der Waals surface area contributed by atoms with Gasteiger partial charge in [0.1, 0.15) is 4.33 Å². The SMILES string of the molecule is FC(F)(F)c1ccc(Cl)c(C2CC2(Cl)Cl)c1. The standard InChI is InChI=1S/C10H6Cl3F3/c11-8-2-1-5(10(14,15)16)3-6(8)7-4-9(7,12)13/h1-3,7H,4H2. The van der Waals surface area contributed by atoms with Gasteiger partial charge < -0.3 is 0 Å². The Morgan fingerprint density at radius 2 is 1.81 bits per heavy atom. The molecule has 1 aromatic carbocycles. The third-order valence-electron chi connectivity index (χ3n) is 2.52. The number of benzene rings is 1. The molecule has 88 valence electrons. The van der Waals surface area contributed by atoms with Gasteiger partial charge in [0.2, 0.25) is 0 Å². The Bertz CT molecular complexity index is 426. The van der Waals surface area contributed by atoms with Crippen molar-refractivity contribution >= 4 is 34.8 Å². The van der Waals surface area contributed by atoms with Gasteiger partial charge in [-0.3, -0.25) is 0 Å². The first-order chi connectivity index (χ1) is 7.22. The van der Waals surface area contributed by atoms with E-state index in [2.05, 4.69) is 0 Å². The number of hydrogen-bond acceptors (Lipinski definition) is 0. The largest absolute Gasteiger partial charge is 0.416 e. The van der Waals surface area contributed by atoms with E-state index >= 15 is 0 Å². The Labute approximate surface area is 105 Å². The summed E-state index contributed by atoms with van der Waals surface area (Å²) in [5, 5.41) is 0.265. The van der Waals surface area contributed by atoms with E-state index in [1.165, 1.54) is 6.07 Å². The normalized spacial score (nSPS) is 23.2. The zero-order valence-corrected chi connectivity index (χ0v) is 10.1. The molecule has 0 aromatic heterocycles. The van der Waals surface area contributed by atoms with Crippen LogP contribution in [0.4, 0.5) is 13.2 Å². The van der Waals surface area contributed by atoms with Gasteiger partial charge in [-0.2, -0.15) is 13.2 Å². The molecule has 6 heteroatoms. The van der Waals surface area contributed by atoms with Gasteiger partial charge in [0.25, 0.3) is 0 Å². The number of halogens is 6. The summed E-state index contributed by atoms with van der Waals surface area (Å²) >= 11 is 17.4. The van der Waals surface area contributed by atoms with Crippen molar-refractivity contribution in [3.05, 3.63) is 34.3 Å². The molecule has 0 nitrogen and oxygen atoms in total. The Morgan fingerprint density at radius 1 is 1.25 bits per heavy atom. The Morgan fingerprint density at radius 3 is 2.25 bits per heavy atom. The molecule has 16 heavy (non-hydrogen) atoms. The van der Waals surface area contributed by atoms with E-state index in [1.54, 1.807) is 0 Å². The number of alkyl halides is 5. The maximum Gasteiger partial charge on any atom is 0.416 e. The molecule has 1 saturated carbocycles. The molecule has 1 unspecified atom stereocenters. The average molecular weight is 290 g/mol. The Kier molecular flexibility index (Phi) is 2.84. The highest BCUT2D eigenvalue weighted by Crippen LogP contribution is 2.60. The summed E-state index contributed by atoms with van der Waals surface area (Å²) in [6.07, 6.45) is -3.95. The molecule has 0 spiro atoms. The molecule has 0 heterocycles. The molecule has 1 aliphatic carbocycles. The zero-order chi connectivity index (χ0) is 12.1. The molecule has 0 N–H and O–H groups in total. The lowest BCUT2D eigenvalue weighted by atomic mass is 10.1. The summed E-state index contributed by atoms with van der Waals surface area (Å²) in [4.78, 5) is 0. The van der Waals surface area contributed by atoms with Crippen LogP contribution in [0.3, 0.4) is 0 Å². The molecule has 0 radical (unpaired) electrons. The molecule has 2 rings (SSSR count). The second kappa shape index (κ2) is 3.69. The Balaban J connectivity index is 2.39. The van der Waals surface area contributed by atoms with E-state index in [9.17, 15) is 13.2 Å².